The second-order valence-corrected chi connectivity index (χ2v) is 10.0. The number of carbonyl (C=O) groups is 2. The molecule has 0 bridgehead atoms. The number of carbonyl (C=O) groups excluding carboxylic acids is 2. The van der Waals surface area contributed by atoms with Crippen LogP contribution in [0.25, 0.3) is 5.69 Å². The highest BCUT2D eigenvalue weighted by Gasteiger charge is 2.29. The van der Waals surface area contributed by atoms with Gasteiger partial charge in [-0.3, -0.25) is 18.7 Å². The van der Waals surface area contributed by atoms with Gasteiger partial charge in [0.25, 0.3) is 5.91 Å². The predicted octanol–water partition coefficient (Wildman–Crippen LogP) is 2.32. The largest absolute Gasteiger partial charge is 0.388 e. The van der Waals surface area contributed by atoms with Gasteiger partial charge in [0.1, 0.15) is 6.54 Å². The Labute approximate surface area is 209 Å². The van der Waals surface area contributed by atoms with Crippen LogP contribution in [0.5, 0.6) is 0 Å². The summed E-state index contributed by atoms with van der Waals surface area (Å²) in [5.41, 5.74) is 0.000155. The van der Waals surface area contributed by atoms with Gasteiger partial charge in [0.15, 0.2) is 0 Å². The number of imidazole rings is 1. The molecule has 2 heterocycles. The van der Waals surface area contributed by atoms with Gasteiger partial charge in [0.2, 0.25) is 5.91 Å². The molecule has 1 aromatic heterocycles. The summed E-state index contributed by atoms with van der Waals surface area (Å²) in [7, 11) is 0. The van der Waals surface area contributed by atoms with Crippen molar-refractivity contribution in [2.75, 3.05) is 19.8 Å². The number of amides is 2. The Kier molecular flexibility index (Phi) is 7.98. The van der Waals surface area contributed by atoms with Crippen LogP contribution < -0.4 is 16.3 Å². The van der Waals surface area contributed by atoms with E-state index in [-0.39, 0.29) is 41.3 Å². The number of hydrogen-bond donors (Lipinski definition) is 3. The van der Waals surface area contributed by atoms with E-state index in [2.05, 4.69) is 10.6 Å². The van der Waals surface area contributed by atoms with Crippen molar-refractivity contribution >= 4 is 23.4 Å². The number of halogens is 1. The average Bonchev–Trinajstić information content (AvgIpc) is 3.36. The number of aliphatic hydroxyl groups is 1. The molecular formula is C25H33ClN4O5. The molecule has 1 unspecified atom stereocenters. The van der Waals surface area contributed by atoms with E-state index in [9.17, 15) is 19.5 Å². The van der Waals surface area contributed by atoms with Crippen molar-refractivity contribution in [3.05, 3.63) is 51.2 Å². The molecule has 0 spiro atoms. The highest BCUT2D eigenvalue weighted by molar-refractivity contribution is 6.33. The van der Waals surface area contributed by atoms with Crippen molar-refractivity contribution in [2.45, 2.75) is 70.1 Å². The Balaban J connectivity index is 1.48. The first-order valence-electron chi connectivity index (χ1n) is 12.2. The maximum atomic E-state index is 13.1. The van der Waals surface area contributed by atoms with Gasteiger partial charge >= 0.3 is 5.69 Å². The second-order valence-electron chi connectivity index (χ2n) is 9.62. The lowest BCUT2D eigenvalue weighted by molar-refractivity contribution is -0.122. The Morgan fingerprint density at radius 1 is 1.23 bits per heavy atom. The minimum Gasteiger partial charge on any atom is -0.388 e. The zero-order valence-electron chi connectivity index (χ0n) is 20.0. The summed E-state index contributed by atoms with van der Waals surface area (Å²) in [5.74, 6) is -0.659. The second kappa shape index (κ2) is 11.0. The van der Waals surface area contributed by atoms with Crippen molar-refractivity contribution in [3.8, 4) is 5.69 Å². The van der Waals surface area contributed by atoms with Crippen LogP contribution in [-0.2, 0) is 16.1 Å². The van der Waals surface area contributed by atoms with Gasteiger partial charge in [-0.2, -0.15) is 0 Å². The molecule has 1 atom stereocenters. The third-order valence-electron chi connectivity index (χ3n) is 6.86. The van der Waals surface area contributed by atoms with Gasteiger partial charge in [-0.15, -0.1) is 0 Å². The van der Waals surface area contributed by atoms with Crippen molar-refractivity contribution in [1.82, 2.24) is 19.8 Å². The first-order chi connectivity index (χ1) is 16.8. The molecule has 1 aliphatic heterocycles. The van der Waals surface area contributed by atoms with E-state index in [1.807, 2.05) is 0 Å². The van der Waals surface area contributed by atoms with Crippen molar-refractivity contribution in [3.63, 3.8) is 0 Å². The Bertz CT molecular complexity index is 1130. The van der Waals surface area contributed by atoms with E-state index in [4.69, 9.17) is 16.3 Å². The fraction of sp³-hybridized carbons (Fsp3) is 0.560. The molecule has 2 aliphatic rings. The molecule has 9 nitrogen and oxygen atoms in total. The number of aryl methyl sites for hydroxylation is 1. The average molecular weight is 505 g/mol. The number of aromatic nitrogens is 2. The standard InChI is InChI=1S/C25H33ClN4O5/c1-17-13-30(24(33)29(17)14-22(31)28-18-8-11-35-15-18)19-6-7-21(26)20(12-19)23(32)27-16-25(34)9-4-2-3-5-10-25/h6-7,12-13,18,34H,2-5,8-11,14-16H2,1H3,(H,27,32)(H,28,31). The van der Waals surface area contributed by atoms with Gasteiger partial charge < -0.3 is 20.5 Å². The summed E-state index contributed by atoms with van der Waals surface area (Å²) < 4.78 is 8.06. The molecule has 2 aromatic rings. The lowest BCUT2D eigenvalue weighted by atomic mass is 9.94. The number of benzene rings is 1. The van der Waals surface area contributed by atoms with Crippen LogP contribution in [0.3, 0.4) is 0 Å². The fourth-order valence-corrected chi connectivity index (χ4v) is 4.98. The summed E-state index contributed by atoms with van der Waals surface area (Å²) >= 11 is 6.31. The van der Waals surface area contributed by atoms with E-state index in [1.54, 1.807) is 31.3 Å². The van der Waals surface area contributed by atoms with E-state index < -0.39 is 11.5 Å². The lowest BCUT2D eigenvalue weighted by Crippen LogP contribution is -2.42. The molecule has 10 heteroatoms. The topological polar surface area (TPSA) is 115 Å². The smallest absolute Gasteiger partial charge is 0.333 e. The summed E-state index contributed by atoms with van der Waals surface area (Å²) in [6, 6.07) is 4.74. The normalized spacial score (nSPS) is 19.8. The number of rotatable bonds is 7. The number of nitrogens with zero attached hydrogens (tertiary/aromatic N) is 2. The van der Waals surface area contributed by atoms with Crippen LogP contribution in [0.4, 0.5) is 0 Å². The third-order valence-corrected chi connectivity index (χ3v) is 7.19. The molecule has 1 aliphatic carbocycles. The van der Waals surface area contributed by atoms with Crippen LogP contribution >= 0.6 is 11.6 Å². The predicted molar refractivity (Wildman–Crippen MR) is 132 cm³/mol. The monoisotopic (exact) mass is 504 g/mol. The Morgan fingerprint density at radius 2 is 1.97 bits per heavy atom. The number of ether oxygens (including phenoxy) is 1. The summed E-state index contributed by atoms with van der Waals surface area (Å²) in [6.45, 7) is 2.90. The summed E-state index contributed by atoms with van der Waals surface area (Å²) in [6.07, 6.45) is 7.77. The highest BCUT2D eigenvalue weighted by atomic mass is 35.5. The SMILES string of the molecule is Cc1cn(-c2ccc(Cl)c(C(=O)NCC3(O)CCCCCC3)c2)c(=O)n1CC(=O)NC1CCOC1. The molecule has 2 amide bonds. The van der Waals surface area contributed by atoms with E-state index in [1.165, 1.54) is 9.13 Å². The maximum absolute atomic E-state index is 13.1. The number of nitrogens with one attached hydrogen (secondary N) is 2. The minimum absolute atomic E-state index is 0.0334. The van der Waals surface area contributed by atoms with E-state index in [0.29, 0.717) is 37.4 Å². The summed E-state index contributed by atoms with van der Waals surface area (Å²) in [4.78, 5) is 38.4. The molecule has 1 aromatic carbocycles. The zero-order chi connectivity index (χ0) is 25.0. The summed E-state index contributed by atoms with van der Waals surface area (Å²) in [5, 5.41) is 16.8. The van der Waals surface area contributed by atoms with E-state index in [0.717, 1.165) is 32.1 Å². The fourth-order valence-electron chi connectivity index (χ4n) is 4.78. The van der Waals surface area contributed by atoms with Crippen LogP contribution in [0, 0.1) is 6.92 Å². The molecule has 190 valence electrons. The van der Waals surface area contributed by atoms with Crippen molar-refractivity contribution in [1.29, 1.82) is 0 Å². The Hall–Kier alpha value is -2.62. The molecule has 1 saturated carbocycles. The van der Waals surface area contributed by atoms with Gasteiger partial charge in [-0.05, 0) is 44.4 Å². The van der Waals surface area contributed by atoms with Crippen LogP contribution in [0.1, 0.15) is 61.0 Å². The molecular weight excluding hydrogens is 472 g/mol. The zero-order valence-corrected chi connectivity index (χ0v) is 20.8. The van der Waals surface area contributed by atoms with Gasteiger partial charge in [0.05, 0.1) is 34.5 Å². The number of hydrogen-bond acceptors (Lipinski definition) is 5. The van der Waals surface area contributed by atoms with Gasteiger partial charge in [-0.1, -0.05) is 37.3 Å². The maximum Gasteiger partial charge on any atom is 0.333 e. The highest BCUT2D eigenvalue weighted by Crippen LogP contribution is 2.27. The van der Waals surface area contributed by atoms with Gasteiger partial charge in [0, 0.05) is 25.0 Å². The first kappa shape index (κ1) is 25.5. The van der Waals surface area contributed by atoms with Crippen LogP contribution in [0.15, 0.2) is 29.2 Å². The molecule has 35 heavy (non-hydrogen) atoms. The van der Waals surface area contributed by atoms with Crippen molar-refractivity contribution < 1.29 is 19.4 Å². The molecule has 3 N–H and O–H groups in total. The Morgan fingerprint density at radius 3 is 2.66 bits per heavy atom. The molecule has 0 radical (unpaired) electrons. The van der Waals surface area contributed by atoms with E-state index >= 15 is 0 Å². The van der Waals surface area contributed by atoms with Gasteiger partial charge in [-0.25, -0.2) is 4.79 Å². The molecule has 1 saturated heterocycles. The van der Waals surface area contributed by atoms with Crippen LogP contribution in [0.2, 0.25) is 5.02 Å². The minimum atomic E-state index is -0.910. The third kappa shape index (κ3) is 6.15. The molecule has 2 fully saturated rings. The lowest BCUT2D eigenvalue weighted by Gasteiger charge is -2.26. The van der Waals surface area contributed by atoms with Crippen LogP contribution in [-0.4, -0.2) is 57.5 Å². The quantitative estimate of drug-likeness (QED) is 0.501. The van der Waals surface area contributed by atoms with Crippen molar-refractivity contribution in [2.24, 2.45) is 0 Å². The molecule has 4 rings (SSSR count). The first-order valence-corrected chi connectivity index (χ1v) is 12.6.